The van der Waals surface area contributed by atoms with Crippen molar-refractivity contribution in [2.75, 3.05) is 15.7 Å². The summed E-state index contributed by atoms with van der Waals surface area (Å²) >= 11 is 0. The molecule has 2 rings (SSSR count). The summed E-state index contributed by atoms with van der Waals surface area (Å²) in [4.78, 5) is 10.6. The number of hydrogen-bond donors (Lipinski definition) is 3. The van der Waals surface area contributed by atoms with Crippen molar-refractivity contribution >= 4 is 47.4 Å². The highest BCUT2D eigenvalue weighted by Crippen LogP contribution is 2.20. The Hall–Kier alpha value is -2.64. The summed E-state index contributed by atoms with van der Waals surface area (Å²) in [6.07, 6.45) is 0.967. The van der Waals surface area contributed by atoms with Gasteiger partial charge in [0.25, 0.3) is 20.0 Å². The molecular formula is C17H23N3O7S3. The molecule has 0 bridgehead atoms. The average molecular weight is 478 g/mol. The van der Waals surface area contributed by atoms with E-state index in [1.807, 2.05) is 13.8 Å². The Kier molecular flexibility index (Phi) is 8.39. The van der Waals surface area contributed by atoms with E-state index in [0.29, 0.717) is 0 Å². The molecule has 0 atom stereocenters. The first-order chi connectivity index (χ1) is 13.8. The predicted octanol–water partition coefficient (Wildman–Crippen LogP) is 1.71. The van der Waals surface area contributed by atoms with Crippen molar-refractivity contribution in [2.24, 2.45) is 0 Å². The average Bonchev–Trinajstić information content (AvgIpc) is 2.61. The van der Waals surface area contributed by atoms with Crippen LogP contribution in [-0.4, -0.2) is 37.4 Å². The van der Waals surface area contributed by atoms with Crippen molar-refractivity contribution in [3.8, 4) is 0 Å². The second kappa shape index (κ2) is 9.91. The summed E-state index contributed by atoms with van der Waals surface area (Å²) in [5, 5.41) is 0. The Bertz CT molecular complexity index is 1190. The maximum atomic E-state index is 12.4. The zero-order chi connectivity index (χ0) is 23.2. The Morgan fingerprint density at radius 1 is 0.667 bits per heavy atom. The summed E-state index contributed by atoms with van der Waals surface area (Å²) in [6.45, 7) is 5.05. The minimum atomic E-state index is -4.02. The number of anilines is 2. The van der Waals surface area contributed by atoms with Crippen molar-refractivity contribution in [3.05, 3.63) is 48.5 Å². The zero-order valence-electron chi connectivity index (χ0n) is 16.7. The van der Waals surface area contributed by atoms with Gasteiger partial charge in [0.1, 0.15) is 0 Å². The molecule has 166 valence electrons. The molecule has 0 aliphatic carbocycles. The van der Waals surface area contributed by atoms with Gasteiger partial charge in [-0.3, -0.25) is 14.2 Å². The fraction of sp³-hybridized carbons (Fsp3) is 0.235. The third kappa shape index (κ3) is 7.65. The molecule has 0 aromatic heterocycles. The van der Waals surface area contributed by atoms with Gasteiger partial charge in [-0.1, -0.05) is 13.8 Å². The van der Waals surface area contributed by atoms with Crippen molar-refractivity contribution in [1.82, 2.24) is 4.72 Å². The van der Waals surface area contributed by atoms with E-state index in [-0.39, 0.29) is 21.2 Å². The highest BCUT2D eigenvalue weighted by Gasteiger charge is 2.17. The monoisotopic (exact) mass is 477 g/mol. The normalized spacial score (nSPS) is 11.6. The molecule has 30 heavy (non-hydrogen) atoms. The van der Waals surface area contributed by atoms with Crippen molar-refractivity contribution in [1.29, 1.82) is 0 Å². The van der Waals surface area contributed by atoms with E-state index in [9.17, 15) is 30.0 Å². The summed E-state index contributed by atoms with van der Waals surface area (Å²) in [5.41, 5.74) is 0.300. The molecule has 0 fully saturated rings. The SMILES string of the molecule is CC.CC(=O)NS(=O)(=O)c1ccc(NS(=O)(=O)c2ccc(NS(C)(=O)=O)cc2)cc1. The van der Waals surface area contributed by atoms with E-state index in [2.05, 4.69) is 9.44 Å². The van der Waals surface area contributed by atoms with Crippen molar-refractivity contribution < 1.29 is 30.0 Å². The van der Waals surface area contributed by atoms with Crippen molar-refractivity contribution in [3.63, 3.8) is 0 Å². The van der Waals surface area contributed by atoms with Crippen LogP contribution in [0.4, 0.5) is 11.4 Å². The van der Waals surface area contributed by atoms with Crippen LogP contribution in [0.2, 0.25) is 0 Å². The van der Waals surface area contributed by atoms with Gasteiger partial charge in [0, 0.05) is 18.3 Å². The number of sulfonamides is 3. The lowest BCUT2D eigenvalue weighted by Gasteiger charge is -2.10. The highest BCUT2D eigenvalue weighted by atomic mass is 32.2. The second-order valence-corrected chi connectivity index (χ2v) is 10.8. The number of benzene rings is 2. The van der Waals surface area contributed by atoms with Gasteiger partial charge in [0.2, 0.25) is 15.9 Å². The maximum Gasteiger partial charge on any atom is 0.264 e. The first kappa shape index (κ1) is 25.4. The molecule has 0 saturated carbocycles. The Balaban J connectivity index is 0.00000218. The smallest absolute Gasteiger partial charge is 0.264 e. The van der Waals surface area contributed by atoms with Crippen LogP contribution in [-0.2, 0) is 34.9 Å². The Labute approximate surface area is 176 Å². The molecule has 10 nitrogen and oxygen atoms in total. The van der Waals surface area contributed by atoms with Crippen LogP contribution >= 0.6 is 0 Å². The lowest BCUT2D eigenvalue weighted by atomic mass is 10.3. The number of nitrogens with one attached hydrogen (secondary N) is 3. The van der Waals surface area contributed by atoms with Crippen LogP contribution in [0.3, 0.4) is 0 Å². The topological polar surface area (TPSA) is 156 Å². The van der Waals surface area contributed by atoms with E-state index in [0.717, 1.165) is 25.3 Å². The number of hydrogen-bond acceptors (Lipinski definition) is 7. The number of carbonyl (C=O) groups is 1. The minimum Gasteiger partial charge on any atom is -0.284 e. The molecule has 3 N–H and O–H groups in total. The van der Waals surface area contributed by atoms with Gasteiger partial charge in [-0.05, 0) is 48.5 Å². The first-order valence-corrected chi connectivity index (χ1v) is 13.4. The van der Waals surface area contributed by atoms with Gasteiger partial charge in [-0.2, -0.15) is 0 Å². The standard InChI is InChI=1S/C15H17N3O7S3.C2H6/c1-11(19)16-27(22,23)14-9-5-13(6-10-14)18-28(24,25)15-7-3-12(4-8-15)17-26(2,20)21;1-2/h3-10,17-18H,1-2H3,(H,16,19);1-2H3. The lowest BCUT2D eigenvalue weighted by molar-refractivity contribution is -0.117. The molecule has 13 heteroatoms. The van der Waals surface area contributed by atoms with Crippen molar-refractivity contribution in [2.45, 2.75) is 30.6 Å². The van der Waals surface area contributed by atoms with Crippen LogP contribution in [0, 0.1) is 0 Å². The van der Waals surface area contributed by atoms with E-state index in [1.54, 1.807) is 4.72 Å². The molecule has 0 heterocycles. The predicted molar refractivity (Wildman–Crippen MR) is 115 cm³/mol. The fourth-order valence-corrected chi connectivity index (χ4v) is 4.69. The van der Waals surface area contributed by atoms with Gasteiger partial charge in [-0.15, -0.1) is 0 Å². The molecule has 0 radical (unpaired) electrons. The maximum absolute atomic E-state index is 12.4. The summed E-state index contributed by atoms with van der Waals surface area (Å²) in [7, 11) is -11.5. The Morgan fingerprint density at radius 3 is 1.40 bits per heavy atom. The number of carbonyl (C=O) groups excluding carboxylic acids is 1. The van der Waals surface area contributed by atoms with Gasteiger partial charge >= 0.3 is 0 Å². The highest BCUT2D eigenvalue weighted by molar-refractivity contribution is 7.93. The summed E-state index contributed by atoms with van der Waals surface area (Å²) in [6, 6.07) is 9.75. The van der Waals surface area contributed by atoms with E-state index < -0.39 is 36.0 Å². The van der Waals surface area contributed by atoms with Gasteiger partial charge in [-0.25, -0.2) is 30.0 Å². The Morgan fingerprint density at radius 2 is 1.03 bits per heavy atom. The zero-order valence-corrected chi connectivity index (χ0v) is 19.2. The van der Waals surface area contributed by atoms with E-state index >= 15 is 0 Å². The molecule has 0 aliphatic rings. The summed E-state index contributed by atoms with van der Waals surface area (Å²) < 4.78 is 77.2. The molecule has 0 saturated heterocycles. The first-order valence-electron chi connectivity index (χ1n) is 8.53. The largest absolute Gasteiger partial charge is 0.284 e. The van der Waals surface area contributed by atoms with Crippen LogP contribution in [0.1, 0.15) is 20.8 Å². The lowest BCUT2D eigenvalue weighted by Crippen LogP contribution is -2.28. The number of amides is 1. The van der Waals surface area contributed by atoms with Gasteiger partial charge in [0.15, 0.2) is 0 Å². The molecule has 2 aromatic rings. The van der Waals surface area contributed by atoms with Gasteiger partial charge < -0.3 is 0 Å². The van der Waals surface area contributed by atoms with Crippen LogP contribution in [0.15, 0.2) is 58.3 Å². The molecule has 0 unspecified atom stereocenters. The van der Waals surface area contributed by atoms with Crippen LogP contribution < -0.4 is 14.2 Å². The minimum absolute atomic E-state index is 0.0973. The second-order valence-electron chi connectivity index (χ2n) is 5.69. The molecule has 0 aliphatic heterocycles. The van der Waals surface area contributed by atoms with E-state index in [1.165, 1.54) is 36.4 Å². The third-order valence-corrected chi connectivity index (χ3v) is 6.62. The molecular weight excluding hydrogens is 454 g/mol. The molecule has 1 amide bonds. The molecule has 0 spiro atoms. The van der Waals surface area contributed by atoms with Crippen LogP contribution in [0.25, 0.3) is 0 Å². The van der Waals surface area contributed by atoms with Crippen LogP contribution in [0.5, 0.6) is 0 Å². The molecule has 2 aromatic carbocycles. The van der Waals surface area contributed by atoms with Gasteiger partial charge in [0.05, 0.1) is 16.0 Å². The number of rotatable bonds is 7. The third-order valence-electron chi connectivity index (χ3n) is 3.16. The van der Waals surface area contributed by atoms with E-state index in [4.69, 9.17) is 0 Å². The quantitative estimate of drug-likeness (QED) is 0.548. The fourth-order valence-electron chi connectivity index (χ4n) is 2.08. The summed E-state index contributed by atoms with van der Waals surface area (Å²) in [5.74, 6) is -0.751.